The molecule has 3 nitrogen and oxygen atoms in total. The van der Waals surface area contributed by atoms with Gasteiger partial charge in [-0.15, -0.1) is 0 Å². The number of fused-ring (bicyclic) bond motifs is 2. The number of aliphatic hydroxyl groups excluding tert-OH is 1. The molecule has 3 rings (SSSR count). The van der Waals surface area contributed by atoms with Crippen molar-refractivity contribution in [2.45, 2.75) is 77.5 Å². The summed E-state index contributed by atoms with van der Waals surface area (Å²) in [4.78, 5) is 0. The van der Waals surface area contributed by atoms with E-state index >= 15 is 0 Å². The fraction of sp³-hybridized carbons (Fsp3) is 1.00. The van der Waals surface area contributed by atoms with Gasteiger partial charge in [0.15, 0.2) is 0 Å². The molecule has 2 bridgehead atoms. The second kappa shape index (κ2) is 4.69. The smallest absolute Gasteiger partial charge is 0.0672 e. The van der Waals surface area contributed by atoms with Gasteiger partial charge in [-0.25, -0.2) is 0 Å². The lowest BCUT2D eigenvalue weighted by Gasteiger charge is -2.40. The quantitative estimate of drug-likeness (QED) is 0.786. The molecule has 20 heavy (non-hydrogen) atoms. The van der Waals surface area contributed by atoms with Gasteiger partial charge in [0.05, 0.1) is 24.9 Å². The van der Waals surface area contributed by atoms with Gasteiger partial charge in [0.2, 0.25) is 0 Å². The van der Waals surface area contributed by atoms with Gasteiger partial charge in [0.1, 0.15) is 0 Å². The van der Waals surface area contributed by atoms with Crippen LogP contribution in [0.1, 0.15) is 59.8 Å². The van der Waals surface area contributed by atoms with Crippen LogP contribution in [0, 0.1) is 16.7 Å². The molecule has 0 aliphatic heterocycles. The number of rotatable bonds is 6. The second-order valence-electron chi connectivity index (χ2n) is 8.55. The summed E-state index contributed by atoms with van der Waals surface area (Å²) in [5.74, 6) is 0.814. The van der Waals surface area contributed by atoms with Crippen molar-refractivity contribution in [2.75, 3.05) is 13.2 Å². The third-order valence-electron chi connectivity index (χ3n) is 6.80. The van der Waals surface area contributed by atoms with Crippen LogP contribution in [0.2, 0.25) is 0 Å². The standard InChI is InChI=1S/C17H31NO2/c1-15(2)12-7-8-17(15,4)14(9-12)20-11-16(3,10-19)18-13-5-6-13/h12-14,18-19H,5-11H2,1-4H3. The van der Waals surface area contributed by atoms with Crippen LogP contribution >= 0.6 is 0 Å². The van der Waals surface area contributed by atoms with E-state index in [0.717, 1.165) is 5.92 Å². The molecule has 3 saturated carbocycles. The van der Waals surface area contributed by atoms with Crippen LogP contribution in [-0.2, 0) is 4.74 Å². The van der Waals surface area contributed by atoms with Crippen molar-refractivity contribution < 1.29 is 9.84 Å². The average Bonchev–Trinajstić information content (AvgIpc) is 3.14. The third-order valence-corrected chi connectivity index (χ3v) is 6.80. The topological polar surface area (TPSA) is 41.5 Å². The van der Waals surface area contributed by atoms with Gasteiger partial charge in [-0.05, 0) is 55.8 Å². The molecule has 116 valence electrons. The minimum Gasteiger partial charge on any atom is -0.394 e. The van der Waals surface area contributed by atoms with Crippen molar-refractivity contribution in [3.63, 3.8) is 0 Å². The monoisotopic (exact) mass is 281 g/mol. The van der Waals surface area contributed by atoms with Crippen LogP contribution in [0.3, 0.4) is 0 Å². The summed E-state index contributed by atoms with van der Waals surface area (Å²) in [6, 6.07) is 0.600. The van der Waals surface area contributed by atoms with E-state index in [0.29, 0.717) is 29.6 Å². The zero-order chi connectivity index (χ0) is 14.6. The molecule has 4 atom stereocenters. The van der Waals surface area contributed by atoms with E-state index in [1.54, 1.807) is 0 Å². The molecule has 3 fully saturated rings. The molecular formula is C17H31NO2. The Morgan fingerprint density at radius 2 is 1.95 bits per heavy atom. The summed E-state index contributed by atoms with van der Waals surface area (Å²) in [6.45, 7) is 10.1. The van der Waals surface area contributed by atoms with Crippen LogP contribution in [-0.4, -0.2) is 36.0 Å². The summed E-state index contributed by atoms with van der Waals surface area (Å²) in [6.07, 6.45) is 6.71. The van der Waals surface area contributed by atoms with Crippen molar-refractivity contribution >= 4 is 0 Å². The van der Waals surface area contributed by atoms with Gasteiger partial charge < -0.3 is 15.2 Å². The normalized spacial score (nSPS) is 41.9. The highest BCUT2D eigenvalue weighted by atomic mass is 16.5. The Balaban J connectivity index is 1.61. The summed E-state index contributed by atoms with van der Waals surface area (Å²) >= 11 is 0. The largest absolute Gasteiger partial charge is 0.394 e. The van der Waals surface area contributed by atoms with Crippen LogP contribution in [0.15, 0.2) is 0 Å². The fourth-order valence-corrected chi connectivity index (χ4v) is 4.52. The number of hydrogen-bond acceptors (Lipinski definition) is 3. The summed E-state index contributed by atoms with van der Waals surface area (Å²) in [5.41, 5.74) is 0.439. The average molecular weight is 281 g/mol. The second-order valence-corrected chi connectivity index (χ2v) is 8.55. The molecule has 3 heteroatoms. The molecule has 0 spiro atoms. The van der Waals surface area contributed by atoms with Gasteiger partial charge in [0, 0.05) is 6.04 Å². The predicted octanol–water partition coefficient (Wildman–Crippen LogP) is 2.72. The maximum atomic E-state index is 9.69. The Hall–Kier alpha value is -0.120. The first kappa shape index (κ1) is 14.8. The minimum absolute atomic E-state index is 0.153. The van der Waals surface area contributed by atoms with E-state index in [4.69, 9.17) is 4.74 Å². The Morgan fingerprint density at radius 1 is 1.25 bits per heavy atom. The first-order valence-electron chi connectivity index (χ1n) is 8.31. The maximum absolute atomic E-state index is 9.69. The first-order valence-corrected chi connectivity index (χ1v) is 8.31. The van der Waals surface area contributed by atoms with Crippen LogP contribution in [0.25, 0.3) is 0 Å². The Morgan fingerprint density at radius 3 is 2.40 bits per heavy atom. The molecule has 3 aliphatic rings. The zero-order valence-corrected chi connectivity index (χ0v) is 13.5. The molecule has 4 unspecified atom stereocenters. The van der Waals surface area contributed by atoms with Crippen molar-refractivity contribution in [1.29, 1.82) is 0 Å². The molecule has 0 aromatic heterocycles. The molecule has 2 N–H and O–H groups in total. The van der Waals surface area contributed by atoms with Gasteiger partial charge >= 0.3 is 0 Å². The van der Waals surface area contributed by atoms with Gasteiger partial charge in [0.25, 0.3) is 0 Å². The van der Waals surface area contributed by atoms with E-state index in [2.05, 4.69) is 33.0 Å². The number of nitrogens with one attached hydrogen (secondary N) is 1. The molecule has 3 aliphatic carbocycles. The van der Waals surface area contributed by atoms with Crippen LogP contribution in [0.4, 0.5) is 0 Å². The fourth-order valence-electron chi connectivity index (χ4n) is 4.52. The predicted molar refractivity (Wildman–Crippen MR) is 80.6 cm³/mol. The summed E-state index contributed by atoms with van der Waals surface area (Å²) in [7, 11) is 0. The van der Waals surface area contributed by atoms with Crippen molar-refractivity contribution in [2.24, 2.45) is 16.7 Å². The van der Waals surface area contributed by atoms with Gasteiger partial charge in [-0.1, -0.05) is 20.8 Å². The van der Waals surface area contributed by atoms with E-state index in [1.807, 2.05) is 0 Å². The summed E-state index contributed by atoms with van der Waals surface area (Å²) < 4.78 is 6.34. The SMILES string of the molecule is CC(CO)(COC1CC2CCC1(C)C2(C)C)NC1CC1. The highest BCUT2D eigenvalue weighted by Gasteiger charge is 2.62. The van der Waals surface area contributed by atoms with E-state index < -0.39 is 0 Å². The van der Waals surface area contributed by atoms with Gasteiger partial charge in [-0.2, -0.15) is 0 Å². The number of ether oxygens (including phenoxy) is 1. The Bertz CT molecular complexity index is 379. The number of aliphatic hydroxyl groups is 1. The van der Waals surface area contributed by atoms with Gasteiger partial charge in [-0.3, -0.25) is 0 Å². The summed E-state index contributed by atoms with van der Waals surface area (Å²) in [5, 5.41) is 13.2. The zero-order valence-electron chi connectivity index (χ0n) is 13.5. The van der Waals surface area contributed by atoms with Crippen molar-refractivity contribution in [3.8, 4) is 0 Å². The molecule has 0 saturated heterocycles. The van der Waals surface area contributed by atoms with E-state index in [1.165, 1.54) is 32.1 Å². The minimum atomic E-state index is -0.274. The molecule has 0 aromatic carbocycles. The third kappa shape index (κ3) is 2.22. The molecule has 0 amide bonds. The van der Waals surface area contributed by atoms with Crippen molar-refractivity contribution in [3.05, 3.63) is 0 Å². The Labute approximate surface area is 123 Å². The molecule has 0 heterocycles. The molecule has 0 aromatic rings. The highest BCUT2D eigenvalue weighted by Crippen LogP contribution is 2.66. The van der Waals surface area contributed by atoms with Crippen LogP contribution < -0.4 is 5.32 Å². The molecule has 0 radical (unpaired) electrons. The first-order chi connectivity index (χ1) is 9.31. The molecular weight excluding hydrogens is 250 g/mol. The van der Waals surface area contributed by atoms with Crippen LogP contribution in [0.5, 0.6) is 0 Å². The van der Waals surface area contributed by atoms with Crippen molar-refractivity contribution in [1.82, 2.24) is 5.32 Å². The van der Waals surface area contributed by atoms with E-state index in [-0.39, 0.29) is 12.1 Å². The maximum Gasteiger partial charge on any atom is 0.0672 e. The van der Waals surface area contributed by atoms with E-state index in [9.17, 15) is 5.11 Å². The Kier molecular flexibility index (Phi) is 3.47. The highest BCUT2D eigenvalue weighted by molar-refractivity contribution is 5.11. The lowest BCUT2D eigenvalue weighted by molar-refractivity contribution is -0.0726. The lowest BCUT2D eigenvalue weighted by atomic mass is 9.70. The number of hydrogen-bond donors (Lipinski definition) is 2. The lowest BCUT2D eigenvalue weighted by Crippen LogP contribution is -2.52.